The minimum absolute atomic E-state index is 0.712. The molecule has 15 aromatic carbocycles. The van der Waals surface area contributed by atoms with Gasteiger partial charge in [-0.25, -0.2) is 19.9 Å². The highest BCUT2D eigenvalue weighted by Crippen LogP contribution is 2.47. The Morgan fingerprint density at radius 2 is 0.520 bits per heavy atom. The second-order valence-corrected chi connectivity index (χ2v) is 28.1. The van der Waals surface area contributed by atoms with Crippen molar-refractivity contribution in [3.63, 3.8) is 0 Å². The van der Waals surface area contributed by atoms with Crippen LogP contribution in [0.5, 0.6) is 0 Å². The number of rotatable bonds is 9. The standard InChI is InChI=1S/C50H31N3S.C44H27N3S/c1-2-13-32(14-3-1)33-25-27-34(28-26-33)48-41-20-4-8-21-44(41)51-50(52-48)36-16-12-15-35(29-36)42-30-37(31-43-40-19-7-11-24-47(40)54-49(42)43)53-45-22-9-5-17-38(45)39-18-6-10-23-46(39)53;1-2-13-28(14-3-1)42-35-20-4-8-21-38(35)45-44(46-42)30-16-12-15-29(25-30)36-26-31(27-37-34-19-7-11-24-41(34)48-43(36)37)47-39-22-9-5-17-32(39)33-18-6-10-23-40(33)47/h1-31H;1-27H. The number of hydrogen-bond acceptors (Lipinski definition) is 6. The molecule has 102 heavy (non-hydrogen) atoms. The van der Waals surface area contributed by atoms with Gasteiger partial charge >= 0.3 is 0 Å². The summed E-state index contributed by atoms with van der Waals surface area (Å²) in [6.07, 6.45) is 0. The average molecular weight is 1340 g/mol. The highest BCUT2D eigenvalue weighted by molar-refractivity contribution is 7.26. The van der Waals surface area contributed by atoms with E-state index in [0.29, 0.717) is 5.82 Å². The number of aromatic nitrogens is 6. The van der Waals surface area contributed by atoms with Gasteiger partial charge in [0.15, 0.2) is 11.6 Å². The minimum Gasteiger partial charge on any atom is -0.309 e. The average Bonchev–Trinajstić information content (AvgIpc) is 1.56. The molecule has 476 valence electrons. The summed E-state index contributed by atoms with van der Waals surface area (Å²) in [7, 11) is 0. The summed E-state index contributed by atoms with van der Waals surface area (Å²) in [6.45, 7) is 0. The van der Waals surface area contributed by atoms with Crippen LogP contribution in [0.4, 0.5) is 0 Å². The smallest absolute Gasteiger partial charge is 0.160 e. The van der Waals surface area contributed by atoms with Gasteiger partial charge in [-0.05, 0) is 107 Å². The van der Waals surface area contributed by atoms with Gasteiger partial charge in [0.2, 0.25) is 0 Å². The van der Waals surface area contributed by atoms with Gasteiger partial charge in [-0.2, -0.15) is 0 Å². The normalized spacial score (nSPS) is 11.7. The van der Waals surface area contributed by atoms with Crippen LogP contribution in [0.1, 0.15) is 0 Å². The molecule has 6 heterocycles. The molecule has 0 N–H and O–H groups in total. The predicted molar refractivity (Wildman–Crippen MR) is 432 cm³/mol. The molecule has 21 rings (SSSR count). The highest BCUT2D eigenvalue weighted by atomic mass is 32.1. The van der Waals surface area contributed by atoms with Crippen molar-refractivity contribution in [2.24, 2.45) is 0 Å². The van der Waals surface area contributed by atoms with Crippen molar-refractivity contribution in [1.29, 1.82) is 0 Å². The van der Waals surface area contributed by atoms with E-state index < -0.39 is 0 Å². The monoisotopic (exact) mass is 1330 g/mol. The second kappa shape index (κ2) is 24.5. The molecular weight excluding hydrogens is 1280 g/mol. The third kappa shape index (κ3) is 10.1. The van der Waals surface area contributed by atoms with E-state index >= 15 is 0 Å². The second-order valence-electron chi connectivity index (χ2n) is 26.0. The third-order valence-corrected chi connectivity index (χ3v) is 22.4. The summed E-state index contributed by atoms with van der Waals surface area (Å²) < 4.78 is 9.97. The molecule has 0 aliphatic heterocycles. The summed E-state index contributed by atoms with van der Waals surface area (Å²) in [6, 6.07) is 126. The molecule has 0 aliphatic carbocycles. The van der Waals surface area contributed by atoms with Crippen LogP contribution in [0.25, 0.3) is 196 Å². The Kier molecular flexibility index (Phi) is 14.2. The maximum Gasteiger partial charge on any atom is 0.160 e. The van der Waals surface area contributed by atoms with Crippen molar-refractivity contribution in [2.75, 3.05) is 0 Å². The van der Waals surface area contributed by atoms with Crippen LogP contribution in [-0.4, -0.2) is 29.1 Å². The first-order chi connectivity index (χ1) is 50.6. The Labute approximate surface area is 595 Å². The van der Waals surface area contributed by atoms with Gasteiger partial charge in [0.05, 0.1) is 44.5 Å². The van der Waals surface area contributed by atoms with Crippen molar-refractivity contribution in [3.8, 4) is 90.0 Å². The quantitative estimate of drug-likeness (QED) is 0.144. The third-order valence-electron chi connectivity index (χ3n) is 20.0. The van der Waals surface area contributed by atoms with Gasteiger partial charge in [-0.3, -0.25) is 0 Å². The lowest BCUT2D eigenvalue weighted by molar-refractivity contribution is 1.19. The number of para-hydroxylation sites is 6. The van der Waals surface area contributed by atoms with Crippen LogP contribution >= 0.6 is 22.7 Å². The van der Waals surface area contributed by atoms with Crippen molar-refractivity contribution in [2.45, 2.75) is 0 Å². The van der Waals surface area contributed by atoms with Crippen LogP contribution in [0.2, 0.25) is 0 Å². The van der Waals surface area contributed by atoms with Gasteiger partial charge in [0.1, 0.15) is 0 Å². The zero-order valence-corrected chi connectivity index (χ0v) is 56.6. The van der Waals surface area contributed by atoms with Crippen LogP contribution in [0.15, 0.2) is 352 Å². The predicted octanol–water partition coefficient (Wildman–Crippen LogP) is 25.9. The summed E-state index contributed by atoms with van der Waals surface area (Å²) in [5, 5.41) is 12.2. The first-order valence-electron chi connectivity index (χ1n) is 34.4. The van der Waals surface area contributed by atoms with Crippen LogP contribution in [-0.2, 0) is 0 Å². The van der Waals surface area contributed by atoms with Crippen molar-refractivity contribution < 1.29 is 0 Å². The van der Waals surface area contributed by atoms with Gasteiger partial charge in [0.25, 0.3) is 0 Å². The molecule has 8 heteroatoms. The van der Waals surface area contributed by atoms with Crippen LogP contribution in [0, 0.1) is 0 Å². The van der Waals surface area contributed by atoms with Crippen LogP contribution < -0.4 is 0 Å². The van der Waals surface area contributed by atoms with E-state index in [2.05, 4.69) is 349 Å². The van der Waals surface area contributed by atoms with Gasteiger partial charge in [-0.15, -0.1) is 22.7 Å². The molecule has 0 unspecified atom stereocenters. The van der Waals surface area contributed by atoms with Gasteiger partial charge < -0.3 is 9.13 Å². The molecule has 6 nitrogen and oxygen atoms in total. The van der Waals surface area contributed by atoms with E-state index in [9.17, 15) is 0 Å². The fourth-order valence-electron chi connectivity index (χ4n) is 15.3. The number of benzene rings is 15. The molecular formula is C94H58N6S2. The zero-order chi connectivity index (χ0) is 67.2. The van der Waals surface area contributed by atoms with E-state index in [4.69, 9.17) is 19.9 Å². The Hall–Kier alpha value is -13.0. The van der Waals surface area contributed by atoms with E-state index in [0.717, 1.165) is 83.8 Å². The number of nitrogens with zero attached hydrogens (tertiary/aromatic N) is 6. The molecule has 0 radical (unpaired) electrons. The molecule has 0 amide bonds. The first kappa shape index (κ1) is 59.1. The van der Waals surface area contributed by atoms with Crippen molar-refractivity contribution >= 4 is 128 Å². The molecule has 0 saturated carbocycles. The lowest BCUT2D eigenvalue weighted by Crippen LogP contribution is -1.96. The lowest BCUT2D eigenvalue weighted by Gasteiger charge is -2.14. The molecule has 0 fully saturated rings. The fraction of sp³-hybridized carbons (Fsp3) is 0. The van der Waals surface area contributed by atoms with Crippen LogP contribution in [0.3, 0.4) is 0 Å². The Bertz CT molecular complexity index is 6780. The number of fused-ring (bicyclic) bond motifs is 14. The fourth-order valence-corrected chi connectivity index (χ4v) is 17.7. The molecule has 0 aliphatic rings. The molecule has 0 atom stereocenters. The number of thiophene rings is 2. The van der Waals surface area contributed by atoms with Crippen molar-refractivity contribution in [3.05, 3.63) is 352 Å². The van der Waals surface area contributed by atoms with Gasteiger partial charge in [-0.1, -0.05) is 267 Å². The summed E-state index contributed by atoms with van der Waals surface area (Å²) in [4.78, 5) is 20.7. The van der Waals surface area contributed by atoms with Gasteiger partial charge in [0, 0.05) is 117 Å². The summed E-state index contributed by atoms with van der Waals surface area (Å²) in [5.74, 6) is 1.43. The number of hydrogen-bond donors (Lipinski definition) is 0. The Morgan fingerprint density at radius 3 is 0.951 bits per heavy atom. The van der Waals surface area contributed by atoms with E-state index in [1.165, 1.54) is 106 Å². The van der Waals surface area contributed by atoms with E-state index in [1.807, 2.05) is 34.8 Å². The zero-order valence-electron chi connectivity index (χ0n) is 55.0. The molecule has 0 spiro atoms. The topological polar surface area (TPSA) is 61.4 Å². The van der Waals surface area contributed by atoms with Crippen molar-refractivity contribution in [1.82, 2.24) is 29.1 Å². The summed E-state index contributed by atoms with van der Waals surface area (Å²) in [5.41, 5.74) is 22.0. The highest BCUT2D eigenvalue weighted by Gasteiger charge is 2.22. The minimum atomic E-state index is 0.712. The largest absolute Gasteiger partial charge is 0.309 e. The molecule has 0 bridgehead atoms. The van der Waals surface area contributed by atoms with E-state index in [1.54, 1.807) is 0 Å². The maximum atomic E-state index is 5.29. The molecule has 0 saturated heterocycles. The Morgan fingerprint density at radius 1 is 0.206 bits per heavy atom. The first-order valence-corrected chi connectivity index (χ1v) is 36.0. The Balaban J connectivity index is 0.000000138. The molecule has 21 aromatic rings. The SMILES string of the molecule is c1ccc(-c2ccc(-c3nc(-c4cccc(-c5cc(-n6c7ccccc7c7ccccc76)cc6c5sc5ccccc56)c4)nc4ccccc34)cc2)cc1.c1ccc(-c2nc(-c3cccc(-c4cc(-n5c6ccccc6c6ccccc65)cc5c4sc4ccccc45)c3)nc3ccccc23)cc1. The van der Waals surface area contributed by atoms with E-state index in [-0.39, 0.29) is 0 Å². The lowest BCUT2D eigenvalue weighted by atomic mass is 9.98. The summed E-state index contributed by atoms with van der Waals surface area (Å²) >= 11 is 3.72. The maximum absolute atomic E-state index is 5.29. The molecule has 6 aromatic heterocycles.